The number of carbonyl (C=O) groups is 1. The Bertz CT molecular complexity index is 553. The van der Waals surface area contributed by atoms with Gasteiger partial charge in [-0.3, -0.25) is 4.79 Å². The van der Waals surface area contributed by atoms with Crippen LogP contribution in [0.2, 0.25) is 10.0 Å². The maximum Gasteiger partial charge on any atom is 0.137 e. The number of aryl methyl sites for hydroxylation is 1. The summed E-state index contributed by atoms with van der Waals surface area (Å²) in [4.78, 5) is 15.8. The molecule has 5 heteroatoms. The van der Waals surface area contributed by atoms with E-state index in [-0.39, 0.29) is 5.78 Å². The Hall–Kier alpha value is -1.32. The number of Topliss-reactive ketones (excluding diaryl/α,β-unsaturated/α-hetero) is 1. The van der Waals surface area contributed by atoms with Crippen molar-refractivity contribution < 1.29 is 4.79 Å². The lowest BCUT2D eigenvalue weighted by atomic mass is 10.1. The van der Waals surface area contributed by atoms with Crippen molar-refractivity contribution in [1.29, 1.82) is 0 Å². The number of rotatable bonds is 6. The fourth-order valence-electron chi connectivity index (χ4n) is 1.84. The van der Waals surface area contributed by atoms with E-state index < -0.39 is 0 Å². The van der Waals surface area contributed by atoms with Gasteiger partial charge in [-0.2, -0.15) is 0 Å². The Kier molecular flexibility index (Phi) is 5.00. The van der Waals surface area contributed by atoms with Gasteiger partial charge in [0.25, 0.3) is 0 Å². The molecule has 2 aromatic rings. The van der Waals surface area contributed by atoms with Crippen LogP contribution in [-0.2, 0) is 17.8 Å². The molecule has 0 radical (unpaired) electrons. The van der Waals surface area contributed by atoms with Crippen LogP contribution in [0.15, 0.2) is 36.9 Å². The zero-order valence-electron chi connectivity index (χ0n) is 10.4. The second-order valence-electron chi connectivity index (χ2n) is 4.36. The zero-order chi connectivity index (χ0) is 13.7. The molecule has 3 nitrogen and oxygen atoms in total. The van der Waals surface area contributed by atoms with Gasteiger partial charge >= 0.3 is 0 Å². The van der Waals surface area contributed by atoms with Crippen LogP contribution in [0.4, 0.5) is 0 Å². The third-order valence-corrected chi connectivity index (χ3v) is 3.42. The minimum absolute atomic E-state index is 0.185. The molecule has 1 heterocycles. The maximum atomic E-state index is 11.9. The highest BCUT2D eigenvalue weighted by molar-refractivity contribution is 6.35. The zero-order valence-corrected chi connectivity index (χ0v) is 11.9. The largest absolute Gasteiger partial charge is 0.337 e. The first kappa shape index (κ1) is 14.1. The molecule has 1 aromatic carbocycles. The minimum Gasteiger partial charge on any atom is -0.337 e. The van der Waals surface area contributed by atoms with Crippen molar-refractivity contribution in [3.8, 4) is 0 Å². The molecule has 0 atom stereocenters. The fraction of sp³-hybridized carbons (Fsp3) is 0.286. The fourth-order valence-corrected chi connectivity index (χ4v) is 2.32. The van der Waals surface area contributed by atoms with Crippen molar-refractivity contribution in [1.82, 2.24) is 9.55 Å². The van der Waals surface area contributed by atoms with Gasteiger partial charge in [0.2, 0.25) is 0 Å². The quantitative estimate of drug-likeness (QED) is 0.813. The Morgan fingerprint density at radius 1 is 1.32 bits per heavy atom. The lowest BCUT2D eigenvalue weighted by Gasteiger charge is -2.05. The molecular formula is C14H14Cl2N2O. The monoisotopic (exact) mass is 296 g/mol. The first-order valence-electron chi connectivity index (χ1n) is 6.06. The Morgan fingerprint density at radius 3 is 2.84 bits per heavy atom. The molecule has 0 spiro atoms. The first-order chi connectivity index (χ1) is 9.15. The van der Waals surface area contributed by atoms with Gasteiger partial charge in [0.15, 0.2) is 0 Å². The molecule has 0 unspecified atom stereocenters. The number of hydrogen-bond acceptors (Lipinski definition) is 2. The van der Waals surface area contributed by atoms with Crippen LogP contribution in [0.5, 0.6) is 0 Å². The highest BCUT2D eigenvalue weighted by Crippen LogP contribution is 2.21. The SMILES string of the molecule is O=C(CCCn1ccnc1)Cc1ccc(Cl)cc1Cl. The first-order valence-corrected chi connectivity index (χ1v) is 6.82. The number of halogens is 2. The number of nitrogens with zero attached hydrogens (tertiary/aromatic N) is 2. The van der Waals surface area contributed by atoms with Crippen LogP contribution in [0.3, 0.4) is 0 Å². The van der Waals surface area contributed by atoms with Gasteiger partial charge < -0.3 is 4.57 Å². The molecular weight excluding hydrogens is 283 g/mol. The molecule has 2 rings (SSSR count). The number of ketones is 1. The molecule has 0 saturated carbocycles. The second-order valence-corrected chi connectivity index (χ2v) is 5.20. The molecule has 1 aromatic heterocycles. The van der Waals surface area contributed by atoms with E-state index in [2.05, 4.69) is 4.98 Å². The van der Waals surface area contributed by atoms with Gasteiger partial charge in [-0.25, -0.2) is 4.98 Å². The molecule has 100 valence electrons. The molecule has 0 aliphatic rings. The molecule has 19 heavy (non-hydrogen) atoms. The number of aromatic nitrogens is 2. The predicted molar refractivity (Wildman–Crippen MR) is 76.6 cm³/mol. The maximum absolute atomic E-state index is 11.9. The Labute approximate surface area is 122 Å². The van der Waals surface area contributed by atoms with Crippen LogP contribution >= 0.6 is 23.2 Å². The average molecular weight is 297 g/mol. The summed E-state index contributed by atoms with van der Waals surface area (Å²) in [7, 11) is 0. The summed E-state index contributed by atoms with van der Waals surface area (Å²) in [5.41, 5.74) is 0.832. The Balaban J connectivity index is 1.80. The molecule has 0 aliphatic carbocycles. The molecule has 0 saturated heterocycles. The number of carbonyl (C=O) groups excluding carboxylic acids is 1. The minimum atomic E-state index is 0.185. The van der Waals surface area contributed by atoms with Crippen molar-refractivity contribution >= 4 is 29.0 Å². The molecule has 0 bridgehead atoms. The van der Waals surface area contributed by atoms with E-state index in [1.807, 2.05) is 10.8 Å². The summed E-state index contributed by atoms with van der Waals surface area (Å²) >= 11 is 11.9. The van der Waals surface area contributed by atoms with E-state index in [9.17, 15) is 4.79 Å². The Morgan fingerprint density at radius 2 is 2.16 bits per heavy atom. The third-order valence-electron chi connectivity index (χ3n) is 2.83. The van der Waals surface area contributed by atoms with Gasteiger partial charge in [-0.1, -0.05) is 29.3 Å². The molecule has 0 N–H and O–H groups in total. The van der Waals surface area contributed by atoms with Crippen molar-refractivity contribution in [2.24, 2.45) is 0 Å². The lowest BCUT2D eigenvalue weighted by Crippen LogP contribution is -2.05. The van der Waals surface area contributed by atoms with E-state index in [4.69, 9.17) is 23.2 Å². The van der Waals surface area contributed by atoms with E-state index in [1.54, 1.807) is 30.7 Å². The predicted octanol–water partition coefficient (Wildman–Crippen LogP) is 3.78. The van der Waals surface area contributed by atoms with Crippen molar-refractivity contribution in [2.75, 3.05) is 0 Å². The van der Waals surface area contributed by atoms with Gasteiger partial charge in [0.1, 0.15) is 5.78 Å². The summed E-state index contributed by atoms with van der Waals surface area (Å²) in [6.07, 6.45) is 7.08. The normalized spacial score (nSPS) is 10.6. The van der Waals surface area contributed by atoms with E-state index in [0.717, 1.165) is 18.5 Å². The lowest BCUT2D eigenvalue weighted by molar-refractivity contribution is -0.118. The molecule has 0 aliphatic heterocycles. The smallest absolute Gasteiger partial charge is 0.137 e. The van der Waals surface area contributed by atoms with E-state index >= 15 is 0 Å². The van der Waals surface area contributed by atoms with Crippen molar-refractivity contribution in [3.63, 3.8) is 0 Å². The second kappa shape index (κ2) is 6.73. The van der Waals surface area contributed by atoms with Crippen LogP contribution in [0.1, 0.15) is 18.4 Å². The highest BCUT2D eigenvalue weighted by Gasteiger charge is 2.07. The number of benzene rings is 1. The van der Waals surface area contributed by atoms with Gasteiger partial charge in [-0.05, 0) is 24.1 Å². The van der Waals surface area contributed by atoms with Crippen LogP contribution in [-0.4, -0.2) is 15.3 Å². The van der Waals surface area contributed by atoms with Crippen LogP contribution < -0.4 is 0 Å². The average Bonchev–Trinajstić information content (AvgIpc) is 2.86. The van der Waals surface area contributed by atoms with E-state index in [0.29, 0.717) is 22.9 Å². The summed E-state index contributed by atoms with van der Waals surface area (Å²) < 4.78 is 1.96. The topological polar surface area (TPSA) is 34.9 Å². The van der Waals surface area contributed by atoms with Crippen molar-refractivity contribution in [2.45, 2.75) is 25.8 Å². The van der Waals surface area contributed by atoms with Crippen LogP contribution in [0.25, 0.3) is 0 Å². The van der Waals surface area contributed by atoms with Crippen LogP contribution in [0, 0.1) is 0 Å². The molecule has 0 fully saturated rings. The number of hydrogen-bond donors (Lipinski definition) is 0. The van der Waals surface area contributed by atoms with Gasteiger partial charge in [0, 0.05) is 41.8 Å². The third kappa shape index (κ3) is 4.37. The molecule has 0 amide bonds. The highest BCUT2D eigenvalue weighted by atomic mass is 35.5. The summed E-state index contributed by atoms with van der Waals surface area (Å²) in [5.74, 6) is 0.185. The van der Waals surface area contributed by atoms with E-state index in [1.165, 1.54) is 0 Å². The van der Waals surface area contributed by atoms with Crippen molar-refractivity contribution in [3.05, 3.63) is 52.5 Å². The summed E-state index contributed by atoms with van der Waals surface area (Å²) in [5, 5.41) is 1.14. The summed E-state index contributed by atoms with van der Waals surface area (Å²) in [6, 6.07) is 5.22. The summed E-state index contributed by atoms with van der Waals surface area (Å²) in [6.45, 7) is 0.806. The number of imidazole rings is 1. The van der Waals surface area contributed by atoms with Gasteiger partial charge in [0.05, 0.1) is 6.33 Å². The standard InChI is InChI=1S/C14H14Cl2N2O/c15-12-4-3-11(14(16)9-12)8-13(19)2-1-6-18-7-5-17-10-18/h3-5,7,9-10H,1-2,6,8H2. The van der Waals surface area contributed by atoms with Gasteiger partial charge in [-0.15, -0.1) is 0 Å².